The van der Waals surface area contributed by atoms with E-state index in [1.807, 2.05) is 0 Å². The zero-order valence-corrected chi connectivity index (χ0v) is 14.9. The van der Waals surface area contributed by atoms with Gasteiger partial charge in [0.05, 0.1) is 22.3 Å². The Morgan fingerprint density at radius 1 is 1.25 bits per heavy atom. The minimum Gasteiger partial charge on any atom is -0.464 e. The molecule has 1 amide bonds. The summed E-state index contributed by atoms with van der Waals surface area (Å²) in [7, 11) is -2.08. The van der Waals surface area contributed by atoms with Crippen molar-refractivity contribution in [1.29, 1.82) is 0 Å². The lowest BCUT2D eigenvalue weighted by molar-refractivity contribution is 0.0770. The van der Waals surface area contributed by atoms with Gasteiger partial charge in [-0.25, -0.2) is 12.8 Å². The Bertz CT molecular complexity index is 855. The molecule has 2 rings (SSSR count). The third-order valence-corrected chi connectivity index (χ3v) is 5.81. The number of sulfone groups is 1. The van der Waals surface area contributed by atoms with Gasteiger partial charge in [-0.05, 0) is 51.1 Å². The van der Waals surface area contributed by atoms with Crippen LogP contribution in [0.25, 0.3) is 0 Å². The number of hydrogen-bond donors (Lipinski definition) is 0. The Hall–Kier alpha value is -2.15. The molecule has 0 aliphatic rings. The van der Waals surface area contributed by atoms with Gasteiger partial charge in [0.15, 0.2) is 9.84 Å². The molecule has 0 spiro atoms. The monoisotopic (exact) mass is 353 g/mol. The average molecular weight is 353 g/mol. The van der Waals surface area contributed by atoms with E-state index in [4.69, 9.17) is 4.42 Å². The maximum Gasteiger partial charge on any atom is 0.257 e. The van der Waals surface area contributed by atoms with Crippen molar-refractivity contribution in [3.8, 4) is 0 Å². The van der Waals surface area contributed by atoms with Gasteiger partial charge in [-0.15, -0.1) is 0 Å². The van der Waals surface area contributed by atoms with E-state index in [0.29, 0.717) is 11.5 Å². The van der Waals surface area contributed by atoms with Crippen molar-refractivity contribution < 1.29 is 22.0 Å². The highest BCUT2D eigenvalue weighted by Gasteiger charge is 2.24. The van der Waals surface area contributed by atoms with Crippen LogP contribution < -0.4 is 0 Å². The fourth-order valence-electron chi connectivity index (χ4n) is 2.20. The van der Waals surface area contributed by atoms with Crippen molar-refractivity contribution in [1.82, 2.24) is 4.90 Å². The molecule has 0 fully saturated rings. The summed E-state index contributed by atoms with van der Waals surface area (Å²) < 4.78 is 43.9. The molecular formula is C17H20FNO4S. The standard InChI is InChI=1S/C17H20FNO4S/c1-11(2)24(21,22)14-7-8-16(18)15(9-14)17(20)19(4)10-13-6-5-12(3)23-13/h5-9,11H,10H2,1-4H3. The lowest BCUT2D eigenvalue weighted by atomic mass is 10.2. The van der Waals surface area contributed by atoms with E-state index in [1.165, 1.54) is 31.9 Å². The van der Waals surface area contributed by atoms with E-state index in [9.17, 15) is 17.6 Å². The Kier molecular flexibility index (Phi) is 5.13. The summed E-state index contributed by atoms with van der Waals surface area (Å²) in [4.78, 5) is 13.7. The molecule has 1 aromatic heterocycles. The van der Waals surface area contributed by atoms with Crippen LogP contribution >= 0.6 is 0 Å². The normalized spacial score (nSPS) is 11.8. The zero-order valence-electron chi connectivity index (χ0n) is 14.0. The number of nitrogens with zero attached hydrogens (tertiary/aromatic N) is 1. The summed E-state index contributed by atoms with van der Waals surface area (Å²) in [6.07, 6.45) is 0. The highest BCUT2D eigenvalue weighted by molar-refractivity contribution is 7.92. The number of carbonyl (C=O) groups excluding carboxylic acids is 1. The first-order valence-electron chi connectivity index (χ1n) is 7.47. The number of amides is 1. The van der Waals surface area contributed by atoms with Gasteiger partial charge in [0.25, 0.3) is 5.91 Å². The molecule has 0 aliphatic carbocycles. The van der Waals surface area contributed by atoms with E-state index in [-0.39, 0.29) is 17.0 Å². The molecule has 0 saturated heterocycles. The molecule has 0 unspecified atom stereocenters. The number of benzene rings is 1. The highest BCUT2D eigenvalue weighted by atomic mass is 32.2. The van der Waals surface area contributed by atoms with Crippen LogP contribution in [0, 0.1) is 12.7 Å². The Balaban J connectivity index is 2.31. The van der Waals surface area contributed by atoms with Crippen LogP contribution in [0.15, 0.2) is 39.6 Å². The lowest BCUT2D eigenvalue weighted by Gasteiger charge is -2.17. The fourth-order valence-corrected chi connectivity index (χ4v) is 3.28. The minimum absolute atomic E-state index is 0.0653. The molecule has 7 heteroatoms. The van der Waals surface area contributed by atoms with Crippen LogP contribution in [0.1, 0.15) is 35.7 Å². The van der Waals surface area contributed by atoms with Crippen molar-refractivity contribution in [3.05, 3.63) is 53.2 Å². The van der Waals surface area contributed by atoms with Crippen LogP contribution in [0.5, 0.6) is 0 Å². The molecule has 0 atom stereocenters. The molecule has 2 aromatic rings. The van der Waals surface area contributed by atoms with Crippen LogP contribution in [0.4, 0.5) is 4.39 Å². The smallest absolute Gasteiger partial charge is 0.257 e. The number of rotatable bonds is 5. The van der Waals surface area contributed by atoms with Gasteiger partial charge in [0, 0.05) is 7.05 Å². The average Bonchev–Trinajstić information content (AvgIpc) is 2.91. The van der Waals surface area contributed by atoms with Crippen LogP contribution in [0.2, 0.25) is 0 Å². The molecule has 0 N–H and O–H groups in total. The first kappa shape index (κ1) is 18.2. The Morgan fingerprint density at radius 3 is 2.46 bits per heavy atom. The molecular weight excluding hydrogens is 333 g/mol. The van der Waals surface area contributed by atoms with E-state index < -0.39 is 26.8 Å². The van der Waals surface area contributed by atoms with Crippen molar-refractivity contribution in [2.24, 2.45) is 0 Å². The number of hydrogen-bond acceptors (Lipinski definition) is 4. The summed E-state index contributed by atoms with van der Waals surface area (Å²) in [6, 6.07) is 6.78. The highest BCUT2D eigenvalue weighted by Crippen LogP contribution is 2.21. The van der Waals surface area contributed by atoms with Crippen molar-refractivity contribution >= 4 is 15.7 Å². The first-order valence-corrected chi connectivity index (χ1v) is 9.01. The molecule has 0 bridgehead atoms. The number of furan rings is 1. The predicted molar refractivity (Wildman–Crippen MR) is 88.0 cm³/mol. The molecule has 1 heterocycles. The maximum absolute atomic E-state index is 14.0. The van der Waals surface area contributed by atoms with E-state index in [0.717, 1.165) is 12.1 Å². The largest absolute Gasteiger partial charge is 0.464 e. The second-order valence-corrected chi connectivity index (χ2v) is 8.41. The first-order chi connectivity index (χ1) is 11.1. The van der Waals surface area contributed by atoms with Gasteiger partial charge >= 0.3 is 0 Å². The van der Waals surface area contributed by atoms with Crippen LogP contribution in [-0.4, -0.2) is 31.5 Å². The predicted octanol–water partition coefficient (Wildman–Crippen LogP) is 3.18. The second kappa shape index (κ2) is 6.76. The van der Waals surface area contributed by atoms with Crippen LogP contribution in [0.3, 0.4) is 0 Å². The summed E-state index contributed by atoms with van der Waals surface area (Å²) in [6.45, 7) is 5.01. The second-order valence-electron chi connectivity index (χ2n) is 5.91. The molecule has 24 heavy (non-hydrogen) atoms. The van der Waals surface area contributed by atoms with Gasteiger partial charge in [-0.1, -0.05) is 0 Å². The van der Waals surface area contributed by atoms with Gasteiger partial charge in [0.2, 0.25) is 0 Å². The zero-order chi connectivity index (χ0) is 18.1. The molecule has 1 aromatic carbocycles. The van der Waals surface area contributed by atoms with Crippen molar-refractivity contribution in [2.75, 3.05) is 7.05 Å². The van der Waals surface area contributed by atoms with E-state index in [1.54, 1.807) is 19.1 Å². The van der Waals surface area contributed by atoms with E-state index >= 15 is 0 Å². The fraction of sp³-hybridized carbons (Fsp3) is 0.353. The molecule has 5 nitrogen and oxygen atoms in total. The van der Waals surface area contributed by atoms with Crippen molar-refractivity contribution in [2.45, 2.75) is 37.5 Å². The summed E-state index contributed by atoms with van der Waals surface area (Å²) in [5.41, 5.74) is -0.275. The maximum atomic E-state index is 14.0. The third-order valence-electron chi connectivity index (χ3n) is 3.65. The van der Waals surface area contributed by atoms with Gasteiger partial charge in [-0.3, -0.25) is 4.79 Å². The number of carbonyl (C=O) groups is 1. The lowest BCUT2D eigenvalue weighted by Crippen LogP contribution is -2.27. The number of halogens is 1. The summed E-state index contributed by atoms with van der Waals surface area (Å²) in [5, 5.41) is -0.658. The summed E-state index contributed by atoms with van der Waals surface area (Å²) in [5.74, 6) is -0.0932. The molecule has 0 aliphatic heterocycles. The van der Waals surface area contributed by atoms with E-state index in [2.05, 4.69) is 0 Å². The topological polar surface area (TPSA) is 67.6 Å². The quantitative estimate of drug-likeness (QED) is 0.774. The Labute approximate surface area is 141 Å². The molecule has 130 valence electrons. The summed E-state index contributed by atoms with van der Waals surface area (Å²) >= 11 is 0. The molecule has 0 radical (unpaired) electrons. The molecule has 0 saturated carbocycles. The minimum atomic E-state index is -3.59. The number of aryl methyl sites for hydroxylation is 1. The van der Waals surface area contributed by atoms with Gasteiger partial charge in [-0.2, -0.15) is 0 Å². The third kappa shape index (κ3) is 3.67. The van der Waals surface area contributed by atoms with Gasteiger partial charge < -0.3 is 9.32 Å². The van der Waals surface area contributed by atoms with Crippen LogP contribution in [-0.2, 0) is 16.4 Å². The van der Waals surface area contributed by atoms with Gasteiger partial charge in [0.1, 0.15) is 17.3 Å². The Morgan fingerprint density at radius 2 is 1.92 bits per heavy atom. The van der Waals surface area contributed by atoms with Crippen molar-refractivity contribution in [3.63, 3.8) is 0 Å². The SMILES string of the molecule is Cc1ccc(CN(C)C(=O)c2cc(S(=O)(=O)C(C)C)ccc2F)o1.